The van der Waals surface area contributed by atoms with Crippen LogP contribution in [0.1, 0.15) is 102 Å². The lowest BCUT2D eigenvalue weighted by Crippen LogP contribution is -2.28. The number of carboxylic acid groups (broad SMARTS) is 1. The number of carbonyl (C=O) groups excluding carboxylic acids is 1. The van der Waals surface area contributed by atoms with E-state index in [2.05, 4.69) is 31.0 Å². The van der Waals surface area contributed by atoms with Crippen LogP contribution in [0, 0.1) is 0 Å². The fourth-order valence-corrected chi connectivity index (χ4v) is 3.73. The minimum atomic E-state index is -1.13. The molecular weight excluding hydrogens is 404 g/mol. The first-order valence-electron chi connectivity index (χ1n) is 12.5. The van der Waals surface area contributed by atoms with Gasteiger partial charge in [0.1, 0.15) is 6.10 Å². The lowest BCUT2D eigenvalue weighted by Gasteiger charge is -2.24. The third-order valence-corrected chi connectivity index (χ3v) is 5.68. The Labute approximate surface area is 194 Å². The molecule has 1 rings (SSSR count). The Morgan fingerprint density at radius 1 is 0.844 bits per heavy atom. The van der Waals surface area contributed by atoms with E-state index in [9.17, 15) is 9.59 Å². The van der Waals surface area contributed by atoms with Crippen molar-refractivity contribution in [1.29, 1.82) is 0 Å². The molecule has 1 unspecified atom stereocenters. The Balaban J connectivity index is 2.63. The first-order chi connectivity index (χ1) is 15.5. The molecule has 0 heterocycles. The molecule has 0 bridgehead atoms. The molecule has 1 aromatic rings. The van der Waals surface area contributed by atoms with Gasteiger partial charge >= 0.3 is 12.1 Å². The molecule has 2 N–H and O–H groups in total. The number of hydrogen-bond donors (Lipinski definition) is 2. The molecule has 1 atom stereocenters. The van der Waals surface area contributed by atoms with Gasteiger partial charge in [0.15, 0.2) is 0 Å². The smallest absolute Gasteiger partial charge is 0.409 e. The van der Waals surface area contributed by atoms with Crippen molar-refractivity contribution in [2.45, 2.75) is 97.5 Å². The van der Waals surface area contributed by atoms with E-state index in [4.69, 9.17) is 9.84 Å². The van der Waals surface area contributed by atoms with Gasteiger partial charge in [-0.05, 0) is 82.4 Å². The zero-order chi connectivity index (χ0) is 23.6. The maximum Gasteiger partial charge on any atom is 0.409 e. The van der Waals surface area contributed by atoms with E-state index in [1.54, 1.807) is 24.3 Å². The zero-order valence-corrected chi connectivity index (χ0v) is 20.4. The number of nitrogens with zero attached hydrogens (tertiary/aromatic N) is 1. The van der Waals surface area contributed by atoms with Crippen LogP contribution < -0.4 is 5.32 Å². The first kappa shape index (κ1) is 28.0. The summed E-state index contributed by atoms with van der Waals surface area (Å²) in [6, 6.07) is 6.39. The minimum absolute atomic E-state index is 0.0737. The largest absolute Gasteiger partial charge is 0.465 e. The molecule has 182 valence electrons. The Morgan fingerprint density at radius 2 is 1.41 bits per heavy atom. The number of rotatable bonds is 18. The van der Waals surface area contributed by atoms with Crippen molar-refractivity contribution in [2.75, 3.05) is 25.0 Å². The average Bonchev–Trinajstić information content (AvgIpc) is 2.77. The van der Waals surface area contributed by atoms with Gasteiger partial charge in [0, 0.05) is 5.69 Å². The second kappa shape index (κ2) is 17.5. The van der Waals surface area contributed by atoms with Crippen LogP contribution in [0.2, 0.25) is 0 Å². The van der Waals surface area contributed by atoms with Gasteiger partial charge in [0.05, 0.1) is 5.56 Å². The molecule has 1 amide bonds. The van der Waals surface area contributed by atoms with Crippen molar-refractivity contribution in [3.63, 3.8) is 0 Å². The van der Waals surface area contributed by atoms with E-state index in [1.807, 2.05) is 0 Å². The van der Waals surface area contributed by atoms with Crippen molar-refractivity contribution in [3.8, 4) is 0 Å². The highest BCUT2D eigenvalue weighted by molar-refractivity contribution is 5.90. The molecule has 32 heavy (non-hydrogen) atoms. The zero-order valence-electron chi connectivity index (χ0n) is 20.4. The maximum atomic E-state index is 12.7. The van der Waals surface area contributed by atoms with E-state index >= 15 is 0 Å². The monoisotopic (exact) mass is 448 g/mol. The van der Waals surface area contributed by atoms with Crippen molar-refractivity contribution in [1.82, 2.24) is 4.90 Å². The van der Waals surface area contributed by atoms with Crippen LogP contribution in [0.4, 0.5) is 10.5 Å². The number of ether oxygens (including phenoxy) is 1. The number of amides is 1. The van der Waals surface area contributed by atoms with Crippen molar-refractivity contribution < 1.29 is 19.4 Å². The molecule has 6 nitrogen and oxygen atoms in total. The number of esters is 1. The molecule has 0 spiro atoms. The summed E-state index contributed by atoms with van der Waals surface area (Å²) in [7, 11) is 0. The third kappa shape index (κ3) is 12.7. The summed E-state index contributed by atoms with van der Waals surface area (Å²) < 4.78 is 5.89. The van der Waals surface area contributed by atoms with Crippen LogP contribution in [0.25, 0.3) is 0 Å². The van der Waals surface area contributed by atoms with Gasteiger partial charge in [-0.25, -0.2) is 9.59 Å². The van der Waals surface area contributed by atoms with Gasteiger partial charge < -0.3 is 14.7 Å². The highest BCUT2D eigenvalue weighted by Gasteiger charge is 2.17. The minimum Gasteiger partial charge on any atom is -0.465 e. The number of carbonyl (C=O) groups is 2. The van der Waals surface area contributed by atoms with Crippen LogP contribution in [-0.2, 0) is 4.74 Å². The van der Waals surface area contributed by atoms with Gasteiger partial charge in [-0.2, -0.15) is 0 Å². The van der Waals surface area contributed by atoms with Crippen LogP contribution >= 0.6 is 0 Å². The number of nitrogens with one attached hydrogen (secondary N) is 1. The predicted octanol–water partition coefficient (Wildman–Crippen LogP) is 6.95. The molecule has 0 radical (unpaired) electrons. The molecule has 0 saturated carbocycles. The van der Waals surface area contributed by atoms with Gasteiger partial charge in [-0.15, -0.1) is 0 Å². The standard InChI is InChI=1S/C26H44N2O4/c1-4-7-10-11-13-24(14-12-21-28(19-8-5-2)20-9-6-3)32-25(29)22-15-17-23(18-16-22)27-26(30)31/h15-18,24,27H,4-14,19-21H2,1-3H3,(H,30,31). The third-order valence-electron chi connectivity index (χ3n) is 5.68. The molecule has 0 aliphatic rings. The van der Waals surface area contributed by atoms with E-state index in [0.717, 1.165) is 45.3 Å². The normalized spacial score (nSPS) is 12.0. The quantitative estimate of drug-likeness (QED) is 0.187. The molecule has 0 aromatic heterocycles. The van der Waals surface area contributed by atoms with Crippen LogP contribution in [0.15, 0.2) is 24.3 Å². The lowest BCUT2D eigenvalue weighted by molar-refractivity contribution is 0.0243. The van der Waals surface area contributed by atoms with Crippen molar-refractivity contribution in [3.05, 3.63) is 29.8 Å². The van der Waals surface area contributed by atoms with Gasteiger partial charge in [-0.3, -0.25) is 5.32 Å². The van der Waals surface area contributed by atoms with Crippen molar-refractivity contribution >= 4 is 17.7 Å². The molecule has 0 saturated heterocycles. The Kier molecular flexibility index (Phi) is 15.3. The molecule has 0 fully saturated rings. The lowest BCUT2D eigenvalue weighted by atomic mass is 10.0. The summed E-state index contributed by atoms with van der Waals surface area (Å²) in [6.45, 7) is 10.0. The maximum absolute atomic E-state index is 12.7. The molecule has 0 aliphatic carbocycles. The SMILES string of the molecule is CCCCCCC(CCCN(CCCC)CCCC)OC(=O)c1ccc(NC(=O)O)cc1. The topological polar surface area (TPSA) is 78.9 Å². The molecular formula is C26H44N2O4. The summed E-state index contributed by atoms with van der Waals surface area (Å²) in [5.41, 5.74) is 0.886. The molecule has 6 heteroatoms. The molecule has 0 aliphatic heterocycles. The second-order valence-electron chi connectivity index (χ2n) is 8.58. The van der Waals surface area contributed by atoms with Crippen molar-refractivity contribution in [2.24, 2.45) is 0 Å². The number of benzene rings is 1. The Bertz CT molecular complexity index is 625. The van der Waals surface area contributed by atoms with Crippen LogP contribution in [-0.4, -0.2) is 47.8 Å². The highest BCUT2D eigenvalue weighted by Crippen LogP contribution is 2.17. The highest BCUT2D eigenvalue weighted by atomic mass is 16.5. The second-order valence-corrected chi connectivity index (χ2v) is 8.58. The average molecular weight is 449 g/mol. The summed E-state index contributed by atoms with van der Waals surface area (Å²) in [4.78, 5) is 26.0. The molecule has 1 aromatic carbocycles. The van der Waals surface area contributed by atoms with Crippen LogP contribution in [0.5, 0.6) is 0 Å². The summed E-state index contributed by atoms with van der Waals surface area (Å²) in [5, 5.41) is 11.1. The fourth-order valence-electron chi connectivity index (χ4n) is 3.73. The van der Waals surface area contributed by atoms with Crippen LogP contribution in [0.3, 0.4) is 0 Å². The number of anilines is 1. The fraction of sp³-hybridized carbons (Fsp3) is 0.692. The Morgan fingerprint density at radius 3 is 1.97 bits per heavy atom. The van der Waals surface area contributed by atoms with Gasteiger partial charge in [-0.1, -0.05) is 52.9 Å². The summed E-state index contributed by atoms with van der Waals surface area (Å²) in [5.74, 6) is -0.332. The summed E-state index contributed by atoms with van der Waals surface area (Å²) in [6.07, 6.45) is 11.1. The Hall–Kier alpha value is -2.08. The number of unbranched alkanes of at least 4 members (excludes halogenated alkanes) is 5. The number of hydrogen-bond acceptors (Lipinski definition) is 4. The van der Waals surface area contributed by atoms with E-state index in [1.165, 1.54) is 44.9 Å². The van der Waals surface area contributed by atoms with E-state index in [0.29, 0.717) is 11.3 Å². The first-order valence-corrected chi connectivity index (χ1v) is 12.5. The predicted molar refractivity (Wildman–Crippen MR) is 132 cm³/mol. The van der Waals surface area contributed by atoms with Gasteiger partial charge in [0.25, 0.3) is 0 Å². The van der Waals surface area contributed by atoms with Gasteiger partial charge in [0.2, 0.25) is 0 Å². The van der Waals surface area contributed by atoms with E-state index < -0.39 is 6.09 Å². The summed E-state index contributed by atoms with van der Waals surface area (Å²) >= 11 is 0. The van der Waals surface area contributed by atoms with E-state index in [-0.39, 0.29) is 12.1 Å².